The number of pyridine rings is 3. The molecule has 6 aromatic heterocycles. The zero-order chi connectivity index (χ0) is 69.5. The quantitative estimate of drug-likeness (QED) is 0.0615. The van der Waals surface area contributed by atoms with Crippen LogP contribution in [-0.4, -0.2) is 92.4 Å². The van der Waals surface area contributed by atoms with E-state index in [1.54, 1.807) is 6.20 Å². The fourth-order valence-corrected chi connectivity index (χ4v) is 12.5. The number of aromatic nitrogens is 9. The molecule has 98 heavy (non-hydrogen) atoms. The number of nitrogens with zero attached hydrogens (tertiary/aromatic N) is 8. The molecule has 502 valence electrons. The maximum atomic E-state index is 6.30. The minimum Gasteiger partial charge on any atom is -0.399 e. The van der Waals surface area contributed by atoms with Crippen LogP contribution in [0.2, 0.25) is 51.4 Å². The topological polar surface area (TPSA) is 140 Å². The summed E-state index contributed by atoms with van der Waals surface area (Å²) >= 11 is 3.36. The van der Waals surface area contributed by atoms with Crippen LogP contribution in [-0.2, 0) is 32.2 Å². The Kier molecular flexibility index (Phi) is 24.0. The molecule has 13 nitrogen and oxygen atoms in total. The molecule has 1 saturated heterocycles. The van der Waals surface area contributed by atoms with E-state index >= 15 is 0 Å². The Balaban J connectivity index is 0.000000152. The van der Waals surface area contributed by atoms with Crippen molar-refractivity contribution in [3.05, 3.63) is 256 Å². The second-order valence-corrected chi connectivity index (χ2v) is 40.3. The lowest BCUT2D eigenvalue weighted by Gasteiger charge is -2.32. The van der Waals surface area contributed by atoms with Crippen molar-refractivity contribution in [3.63, 3.8) is 0 Å². The van der Waals surface area contributed by atoms with Gasteiger partial charge in [-0.25, -0.2) is 9.36 Å². The molecule has 1 fully saturated rings. The van der Waals surface area contributed by atoms with Gasteiger partial charge < -0.3 is 18.8 Å². The first-order valence-electron chi connectivity index (χ1n) is 33.6. The Morgan fingerprint density at radius 1 is 0.480 bits per heavy atom. The Morgan fingerprint density at radius 3 is 1.36 bits per heavy atom. The van der Waals surface area contributed by atoms with E-state index in [-0.39, 0.29) is 11.2 Å². The Hall–Kier alpha value is -8.78. The number of rotatable bonds is 19. The highest BCUT2D eigenvalue weighted by molar-refractivity contribution is 9.10. The molecule has 6 aromatic carbocycles. The highest BCUT2D eigenvalue weighted by Crippen LogP contribution is 2.37. The van der Waals surface area contributed by atoms with Gasteiger partial charge in [-0.3, -0.25) is 20.1 Å². The number of H-pyrrole nitrogens is 1. The molecule has 13 rings (SSSR count). The van der Waals surface area contributed by atoms with E-state index in [0.29, 0.717) is 13.5 Å². The predicted molar refractivity (Wildman–Crippen MR) is 418 cm³/mol. The third kappa shape index (κ3) is 19.5. The van der Waals surface area contributed by atoms with Gasteiger partial charge in [-0.2, -0.15) is 15.3 Å². The lowest BCUT2D eigenvalue weighted by Crippen LogP contribution is -2.41. The van der Waals surface area contributed by atoms with E-state index in [0.717, 1.165) is 124 Å². The number of hydrogen-bond acceptors (Lipinski definition) is 10. The smallest absolute Gasteiger partial charge is 0.399 e. The second kappa shape index (κ2) is 32.7. The lowest BCUT2D eigenvalue weighted by molar-refractivity contribution is 0.00578. The number of aryl methyl sites for hydroxylation is 3. The van der Waals surface area contributed by atoms with Crippen molar-refractivity contribution in [3.8, 4) is 22.3 Å². The van der Waals surface area contributed by atoms with Crippen LogP contribution in [0.3, 0.4) is 0 Å². The average Bonchev–Trinajstić information content (AvgIpc) is 1.62. The predicted octanol–water partition coefficient (Wildman–Crippen LogP) is 20.0. The Morgan fingerprint density at radius 2 is 0.908 bits per heavy atom. The first-order chi connectivity index (χ1) is 47.0. The standard InChI is InChI=1S/C27H37BN2O3Si.C27H31N3OSi.C21H17N3.C6H6BrN/c1-26(2)27(3,4)33-28(32-26)22-14-16-25-23(19-22)24(15-13-21-11-9-8-10-12-21)29-30(25)20-31-17-18-34(5,6)7;1-21-14-15-28-19-25(21)23-11-13-27-24(18-23)26(12-10-22-8-6-5-7-9-22)29-30(27)20-31-16-17-32(2,3)4;1-15-11-12-22-14-19(15)17-8-10-21-18(13-17)20(23-24-21)9-7-16-5-3-2-4-6-16;1-5-4-8-3-2-6(5)7/h8-16,19H,17-18,20H2,1-7H3;5-15,18-19H,16-17,20H2,1-4H3;2-14H,1H3,(H,23,24);2-4H,1H3/b15-13+;12-10+;9-7+;. The van der Waals surface area contributed by atoms with Gasteiger partial charge in [0.2, 0.25) is 0 Å². The number of hydrogen-bond donors (Lipinski definition) is 1. The molecule has 0 radical (unpaired) electrons. The maximum Gasteiger partial charge on any atom is 0.494 e. The van der Waals surface area contributed by atoms with Crippen LogP contribution in [0.15, 0.2) is 205 Å². The molecule has 0 unspecified atom stereocenters. The van der Waals surface area contributed by atoms with Crippen molar-refractivity contribution >= 4 is 114 Å². The fraction of sp³-hybridized carbons (Fsp3) is 0.259. The highest BCUT2D eigenvalue weighted by Gasteiger charge is 2.51. The number of nitrogens with one attached hydrogen (secondary N) is 1. The molecular formula is C81H91BBrN9O4Si2. The number of aromatic amines is 1. The third-order valence-corrected chi connectivity index (χ3v) is 21.8. The van der Waals surface area contributed by atoms with E-state index < -0.39 is 23.3 Å². The van der Waals surface area contributed by atoms with Crippen molar-refractivity contribution < 1.29 is 18.8 Å². The molecule has 0 atom stereocenters. The molecule has 7 heterocycles. The molecule has 12 aromatic rings. The number of fused-ring (bicyclic) bond motifs is 3. The summed E-state index contributed by atoms with van der Waals surface area (Å²) in [4.78, 5) is 12.5. The normalized spacial score (nSPS) is 13.7. The first-order valence-corrected chi connectivity index (χ1v) is 41.8. The van der Waals surface area contributed by atoms with E-state index in [4.69, 9.17) is 29.0 Å². The molecule has 0 amide bonds. The lowest BCUT2D eigenvalue weighted by atomic mass is 9.78. The van der Waals surface area contributed by atoms with Gasteiger partial charge in [0.15, 0.2) is 0 Å². The molecule has 1 aliphatic rings. The summed E-state index contributed by atoms with van der Waals surface area (Å²) in [5.41, 5.74) is 17.9. The van der Waals surface area contributed by atoms with Crippen molar-refractivity contribution in [1.29, 1.82) is 0 Å². The Bertz CT molecular complexity index is 4650. The van der Waals surface area contributed by atoms with Gasteiger partial charge in [0.05, 0.1) is 44.8 Å². The van der Waals surface area contributed by atoms with Gasteiger partial charge in [0.25, 0.3) is 0 Å². The fourth-order valence-electron chi connectivity index (χ4n) is 10.8. The van der Waals surface area contributed by atoms with Gasteiger partial charge in [-0.1, -0.05) is 189 Å². The number of benzene rings is 6. The van der Waals surface area contributed by atoms with Crippen LogP contribution in [0.25, 0.3) is 91.4 Å². The highest BCUT2D eigenvalue weighted by atomic mass is 79.9. The summed E-state index contributed by atoms with van der Waals surface area (Å²) in [6.45, 7) is 31.2. The maximum absolute atomic E-state index is 6.30. The summed E-state index contributed by atoms with van der Waals surface area (Å²) in [6, 6.07) is 58.3. The van der Waals surface area contributed by atoms with Gasteiger partial charge in [-0.05, 0) is 177 Å². The van der Waals surface area contributed by atoms with E-state index in [1.165, 1.54) is 16.7 Å². The van der Waals surface area contributed by atoms with Crippen molar-refractivity contribution in [1.82, 2.24) is 44.7 Å². The van der Waals surface area contributed by atoms with Crippen LogP contribution in [0.5, 0.6) is 0 Å². The van der Waals surface area contributed by atoms with Crippen molar-refractivity contribution in [2.45, 2.75) is 125 Å². The first kappa shape index (κ1) is 72.0. The zero-order valence-electron chi connectivity index (χ0n) is 58.9. The van der Waals surface area contributed by atoms with Crippen LogP contribution in [0.1, 0.15) is 78.2 Å². The molecule has 1 aliphatic heterocycles. The van der Waals surface area contributed by atoms with E-state index in [1.807, 2.05) is 126 Å². The zero-order valence-corrected chi connectivity index (χ0v) is 62.5. The molecule has 1 N–H and O–H groups in total. The summed E-state index contributed by atoms with van der Waals surface area (Å²) in [7, 11) is -2.66. The van der Waals surface area contributed by atoms with E-state index in [9.17, 15) is 0 Å². The van der Waals surface area contributed by atoms with Crippen LogP contribution in [0, 0.1) is 20.8 Å². The SMILES string of the molecule is CC1(C)OB(c2ccc3c(c2)c(/C=C/c2ccccc2)nn3COCC[Si](C)(C)C)OC1(C)C.Cc1ccncc1-c1ccc2[nH]nc(/C=C/c3ccccc3)c2c1.Cc1ccncc1-c1ccc2c(c1)c(/C=C/c1ccccc1)nn2COCC[Si](C)(C)C.Cc1cnccc1Br. The molecule has 0 saturated carbocycles. The van der Waals surface area contributed by atoms with Gasteiger partial charge in [-0.15, -0.1) is 0 Å². The monoisotopic (exact) mass is 1400 g/mol. The second-order valence-electron chi connectivity index (χ2n) is 28.2. The molecule has 0 bridgehead atoms. The molecule has 0 spiro atoms. The summed E-state index contributed by atoms with van der Waals surface area (Å²) < 4.78 is 29.7. The molecule has 0 aliphatic carbocycles. The van der Waals surface area contributed by atoms with Gasteiger partial charge in [0.1, 0.15) is 13.5 Å². The molecular weight excluding hydrogens is 1310 g/mol. The number of ether oxygens (including phenoxy) is 2. The molecule has 17 heteroatoms. The summed E-state index contributed by atoms with van der Waals surface area (Å²) in [5.74, 6) is 0. The summed E-state index contributed by atoms with van der Waals surface area (Å²) in [5, 5.41) is 20.6. The third-order valence-electron chi connectivity index (χ3n) is 17.5. The Labute approximate surface area is 589 Å². The van der Waals surface area contributed by atoms with Crippen LogP contribution in [0.4, 0.5) is 0 Å². The van der Waals surface area contributed by atoms with Crippen molar-refractivity contribution in [2.24, 2.45) is 0 Å². The van der Waals surface area contributed by atoms with E-state index in [2.05, 4.69) is 243 Å². The summed E-state index contributed by atoms with van der Waals surface area (Å²) in [6.07, 6.45) is 23.6. The average molecular weight is 1400 g/mol. The van der Waals surface area contributed by atoms with Gasteiger partial charge >= 0.3 is 7.12 Å². The minimum atomic E-state index is -1.13. The van der Waals surface area contributed by atoms with Crippen LogP contribution < -0.4 is 5.46 Å². The van der Waals surface area contributed by atoms with Gasteiger partial charge in [0, 0.05) is 98.3 Å². The minimum absolute atomic E-state index is 0.378. The largest absolute Gasteiger partial charge is 0.494 e. The van der Waals surface area contributed by atoms with Crippen molar-refractivity contribution in [2.75, 3.05) is 13.2 Å². The van der Waals surface area contributed by atoms with Crippen LogP contribution >= 0.6 is 15.9 Å². The number of halogens is 1.